The molecular weight excluding hydrogens is 447 g/mol. The summed E-state index contributed by atoms with van der Waals surface area (Å²) >= 11 is 0. The van der Waals surface area contributed by atoms with Crippen molar-refractivity contribution in [3.63, 3.8) is 0 Å². The molecule has 1 saturated heterocycles. The first-order valence-corrected chi connectivity index (χ1v) is 12.6. The maximum Gasteiger partial charge on any atom is 0.340 e. The van der Waals surface area contributed by atoms with Gasteiger partial charge in [-0.15, -0.1) is 0 Å². The predicted octanol–water partition coefficient (Wildman–Crippen LogP) is 6.24. The Kier molecular flexibility index (Phi) is 10.0. The van der Waals surface area contributed by atoms with Crippen molar-refractivity contribution in [3.8, 4) is 5.75 Å². The molecule has 0 bridgehead atoms. The summed E-state index contributed by atoms with van der Waals surface area (Å²) in [6.07, 6.45) is 6.90. The van der Waals surface area contributed by atoms with Crippen molar-refractivity contribution in [3.05, 3.63) is 84.0 Å². The number of rotatable bonds is 13. The summed E-state index contributed by atoms with van der Waals surface area (Å²) in [4.78, 5) is 17.6. The summed E-state index contributed by atoms with van der Waals surface area (Å²) in [5.41, 5.74) is 3.30. The fraction of sp³-hybridized carbons (Fsp3) is 0.333. The van der Waals surface area contributed by atoms with Gasteiger partial charge in [0.15, 0.2) is 0 Å². The van der Waals surface area contributed by atoms with Crippen LogP contribution in [0, 0.1) is 5.41 Å². The first-order valence-electron chi connectivity index (χ1n) is 11.6. The molecule has 6 nitrogen and oxygen atoms in total. The highest BCUT2D eigenvalue weighted by Gasteiger charge is 2.23. The van der Waals surface area contributed by atoms with Gasteiger partial charge in [-0.05, 0) is 60.4 Å². The van der Waals surface area contributed by atoms with E-state index in [0.29, 0.717) is 16.8 Å². The van der Waals surface area contributed by atoms with Crippen LogP contribution in [0.2, 0.25) is 0 Å². The van der Waals surface area contributed by atoms with E-state index in [4.69, 9.17) is 19.5 Å². The lowest BCUT2D eigenvalue weighted by Crippen LogP contribution is -2.43. The number of hydroxylamine groups is 2. The molecule has 0 spiro atoms. The third kappa shape index (κ3) is 7.36. The van der Waals surface area contributed by atoms with Gasteiger partial charge in [0.05, 0.1) is 45.6 Å². The molecule has 1 N–H and O–H groups in total. The van der Waals surface area contributed by atoms with Gasteiger partial charge in [-0.2, -0.15) is 5.06 Å². The average molecular weight is 481 g/mol. The summed E-state index contributed by atoms with van der Waals surface area (Å²) < 4.78 is 11.2. The van der Waals surface area contributed by atoms with Crippen LogP contribution < -0.4 is 4.74 Å². The van der Waals surface area contributed by atoms with E-state index in [2.05, 4.69) is 13.5 Å². The van der Waals surface area contributed by atoms with Crippen LogP contribution in [0.4, 0.5) is 0 Å². The van der Waals surface area contributed by atoms with Crippen LogP contribution in [0.1, 0.15) is 54.6 Å². The zero-order valence-corrected chi connectivity index (χ0v) is 20.9. The second kappa shape index (κ2) is 13.2. The number of nitrogens with zero attached hydrogens (tertiary/aromatic N) is 1. The van der Waals surface area contributed by atoms with Gasteiger partial charge in [-0.1, -0.05) is 56.7 Å². The monoisotopic (exact) mass is 480 g/mol. The van der Waals surface area contributed by atoms with Crippen molar-refractivity contribution in [2.45, 2.75) is 38.9 Å². The maximum atomic E-state index is 12.3. The Bertz CT molecular complexity index is 998. The smallest absolute Gasteiger partial charge is 0.340 e. The number of unbranched alkanes of at least 4 members (excludes halogenated alkanes) is 2. The molecule has 0 aromatic heterocycles. The van der Waals surface area contributed by atoms with E-state index in [0.717, 1.165) is 43.1 Å². The third-order valence-corrected chi connectivity index (χ3v) is 6.41. The average Bonchev–Trinajstić information content (AvgIpc) is 2.83. The standard InChI is InChI=1S/C27H33N2O4P/c1-4-6-7-17-31-25-14-12-22(13-15-25)21(5-2)19-26(28)23-8-10-24(11-9-23)27(30)33-34-20(3)29-16-18-32-29/h5,8-15,19-20,28,34H,2,4,6-7,16-18H2,1,3H3/b21-19+,28-26?/t20-/m0/s1. The third-order valence-electron chi connectivity index (χ3n) is 5.48. The van der Waals surface area contributed by atoms with Crippen LogP contribution in [0.5, 0.6) is 5.75 Å². The molecule has 3 rings (SSSR count). The number of ether oxygens (including phenoxy) is 1. The number of hydrogen-bond acceptors (Lipinski definition) is 6. The lowest BCUT2D eigenvalue weighted by Gasteiger charge is -2.34. The number of benzene rings is 2. The minimum absolute atomic E-state index is 0.00114. The summed E-state index contributed by atoms with van der Waals surface area (Å²) in [5, 5.41) is 10.3. The first-order chi connectivity index (χ1) is 16.5. The van der Waals surface area contributed by atoms with E-state index < -0.39 is 0 Å². The molecule has 0 aliphatic carbocycles. The highest BCUT2D eigenvalue weighted by atomic mass is 31.1. The lowest BCUT2D eigenvalue weighted by molar-refractivity contribution is -0.252. The molecule has 1 aliphatic rings. The zero-order chi connectivity index (χ0) is 24.3. The van der Waals surface area contributed by atoms with E-state index in [1.807, 2.05) is 36.3 Å². The molecule has 0 amide bonds. The van der Waals surface area contributed by atoms with E-state index in [1.165, 1.54) is 12.8 Å². The molecule has 2 atom stereocenters. The normalized spacial score (nSPS) is 15.1. The van der Waals surface area contributed by atoms with Crippen molar-refractivity contribution < 1.29 is 18.9 Å². The van der Waals surface area contributed by atoms with Gasteiger partial charge in [0.1, 0.15) is 5.75 Å². The second-order valence-corrected chi connectivity index (χ2v) is 9.31. The zero-order valence-electron chi connectivity index (χ0n) is 19.9. The van der Waals surface area contributed by atoms with E-state index in [9.17, 15) is 4.79 Å². The fourth-order valence-corrected chi connectivity index (χ4v) is 4.05. The second-order valence-electron chi connectivity index (χ2n) is 8.03. The van der Waals surface area contributed by atoms with E-state index >= 15 is 0 Å². The Morgan fingerprint density at radius 2 is 1.79 bits per heavy atom. The lowest BCUT2D eigenvalue weighted by atomic mass is 10.0. The maximum absolute atomic E-state index is 12.3. The number of carbonyl (C=O) groups is 1. The minimum Gasteiger partial charge on any atom is -0.494 e. The highest BCUT2D eigenvalue weighted by molar-refractivity contribution is 7.33. The van der Waals surface area contributed by atoms with E-state index in [-0.39, 0.29) is 20.6 Å². The molecular formula is C27H33N2O4P. The summed E-state index contributed by atoms with van der Waals surface area (Å²) in [5.74, 6) is 0.519. The number of carbonyl (C=O) groups excluding carboxylic acids is 1. The Morgan fingerprint density at radius 1 is 1.15 bits per heavy atom. The highest BCUT2D eigenvalue weighted by Crippen LogP contribution is 2.28. The molecule has 1 unspecified atom stereocenters. The molecule has 1 fully saturated rings. The molecule has 180 valence electrons. The van der Waals surface area contributed by atoms with Crippen LogP contribution >= 0.6 is 8.81 Å². The summed E-state index contributed by atoms with van der Waals surface area (Å²) in [6, 6.07) is 14.7. The van der Waals surface area contributed by atoms with Crippen LogP contribution in [0.15, 0.2) is 67.3 Å². The molecule has 1 heterocycles. The van der Waals surface area contributed by atoms with Gasteiger partial charge in [-0.25, -0.2) is 4.79 Å². The number of allylic oxidation sites excluding steroid dienone is 3. The van der Waals surface area contributed by atoms with Gasteiger partial charge < -0.3 is 14.7 Å². The van der Waals surface area contributed by atoms with Gasteiger partial charge in [0, 0.05) is 0 Å². The van der Waals surface area contributed by atoms with Crippen molar-refractivity contribution >= 4 is 26.1 Å². The van der Waals surface area contributed by atoms with Crippen LogP contribution in [-0.2, 0) is 9.36 Å². The topological polar surface area (TPSA) is 71.9 Å². The Morgan fingerprint density at radius 3 is 2.38 bits per heavy atom. The summed E-state index contributed by atoms with van der Waals surface area (Å²) in [7, 11) is 0.00114. The molecule has 7 heteroatoms. The van der Waals surface area contributed by atoms with Crippen molar-refractivity contribution in [2.75, 3.05) is 19.8 Å². The minimum atomic E-state index is -0.372. The molecule has 1 aliphatic heterocycles. The molecule has 34 heavy (non-hydrogen) atoms. The quantitative estimate of drug-likeness (QED) is 0.159. The molecule has 2 aromatic carbocycles. The van der Waals surface area contributed by atoms with Crippen LogP contribution in [0.3, 0.4) is 0 Å². The van der Waals surface area contributed by atoms with Gasteiger partial charge in [0.25, 0.3) is 0 Å². The van der Waals surface area contributed by atoms with Gasteiger partial charge >= 0.3 is 5.97 Å². The molecule has 0 radical (unpaired) electrons. The number of nitrogens with one attached hydrogen (secondary N) is 1. The first kappa shape index (κ1) is 25.8. The fourth-order valence-electron chi connectivity index (χ4n) is 3.33. The Balaban J connectivity index is 1.57. The largest absolute Gasteiger partial charge is 0.494 e. The molecule has 0 saturated carbocycles. The molecule has 2 aromatic rings. The van der Waals surface area contributed by atoms with Crippen molar-refractivity contribution in [1.29, 1.82) is 5.41 Å². The van der Waals surface area contributed by atoms with Crippen molar-refractivity contribution in [2.24, 2.45) is 0 Å². The predicted molar refractivity (Wildman–Crippen MR) is 139 cm³/mol. The number of hydrogen-bond donors (Lipinski definition) is 1. The van der Waals surface area contributed by atoms with Crippen LogP contribution in [0.25, 0.3) is 5.57 Å². The van der Waals surface area contributed by atoms with Gasteiger partial charge in [-0.3, -0.25) is 4.84 Å². The van der Waals surface area contributed by atoms with E-state index in [1.54, 1.807) is 36.4 Å². The van der Waals surface area contributed by atoms with Gasteiger partial charge in [0.2, 0.25) is 0 Å². The Labute approximate surface area is 203 Å². The van der Waals surface area contributed by atoms with Crippen molar-refractivity contribution in [1.82, 2.24) is 5.06 Å². The van der Waals surface area contributed by atoms with Crippen LogP contribution in [-0.4, -0.2) is 42.3 Å². The SMILES string of the molecule is C=C/C(=C\C(=N)c1ccc(C(=O)OP[C@@H](C)N2CCO2)cc1)c1ccc(OCCCCC)cc1. The summed E-state index contributed by atoms with van der Waals surface area (Å²) in [6.45, 7) is 10.3. The Hall–Kier alpha value is -2.79.